The molecule has 0 radical (unpaired) electrons. The van der Waals surface area contributed by atoms with Crippen LogP contribution in [0.5, 0.6) is 5.75 Å². The summed E-state index contributed by atoms with van der Waals surface area (Å²) in [5.41, 5.74) is 9.23. The first-order valence-corrected chi connectivity index (χ1v) is 16.7. The van der Waals surface area contributed by atoms with Gasteiger partial charge in [0.15, 0.2) is 0 Å². The van der Waals surface area contributed by atoms with Crippen molar-refractivity contribution in [3.05, 3.63) is 70.3 Å². The van der Waals surface area contributed by atoms with E-state index in [-0.39, 0.29) is 23.0 Å². The summed E-state index contributed by atoms with van der Waals surface area (Å²) in [4.78, 5) is 14.4. The third-order valence-corrected chi connectivity index (χ3v) is 10.4. The highest BCUT2D eigenvalue weighted by atomic mass is 35.5. The normalized spacial score (nSPS) is 22.1. The Balaban J connectivity index is 1.48. The molecule has 1 aliphatic heterocycles. The summed E-state index contributed by atoms with van der Waals surface area (Å²) in [6, 6.07) is 11.3. The van der Waals surface area contributed by atoms with Crippen LogP contribution >= 0.6 is 11.6 Å². The van der Waals surface area contributed by atoms with E-state index in [4.69, 9.17) is 22.1 Å². The van der Waals surface area contributed by atoms with Crippen LogP contribution in [-0.2, 0) is 24.1 Å². The van der Waals surface area contributed by atoms with Gasteiger partial charge >= 0.3 is 0 Å². The first kappa shape index (κ1) is 32.5. The minimum absolute atomic E-state index is 0.000158. The summed E-state index contributed by atoms with van der Waals surface area (Å²) < 4.78 is 29.6. The number of carbonyl (C=O) groups is 1. The molecule has 1 amide bonds. The highest BCUT2D eigenvalue weighted by molar-refractivity contribution is 7.79. The van der Waals surface area contributed by atoms with Gasteiger partial charge in [0, 0.05) is 28.9 Å². The van der Waals surface area contributed by atoms with Crippen molar-refractivity contribution in [2.45, 2.75) is 83.2 Å². The number of amides is 1. The predicted octanol–water partition coefficient (Wildman–Crippen LogP) is 6.18. The Labute approximate surface area is 257 Å². The number of halogens is 1. The maximum Gasteiger partial charge on any atom is 0.248 e. The third-order valence-electron chi connectivity index (χ3n) is 8.93. The predicted molar refractivity (Wildman–Crippen MR) is 169 cm³/mol. The summed E-state index contributed by atoms with van der Waals surface area (Å²) >= 11 is 4.19. The molecule has 230 valence electrons. The minimum Gasteiger partial charge on any atom is -0.772 e. The van der Waals surface area contributed by atoms with Gasteiger partial charge in [-0.1, -0.05) is 61.2 Å². The number of hydrogen-bond acceptors (Lipinski definition) is 6. The molecule has 6 atom stereocenters. The SMILES string of the molecule is CCC[C@H]([C@H](C)C/C=C/[C@H](O)[C@@H]1CC[C@H]1CN1CCCCc2cc(Cl)ccc2COc2ccc(C(N)=O)cc21)S(=O)[O-]. The molecule has 42 heavy (non-hydrogen) atoms. The van der Waals surface area contributed by atoms with Crippen molar-refractivity contribution >= 4 is 34.3 Å². The largest absolute Gasteiger partial charge is 0.772 e. The molecular weight excluding hydrogens is 572 g/mol. The number of nitrogens with zero attached hydrogens (tertiary/aromatic N) is 1. The number of fused-ring (bicyclic) bond motifs is 2. The van der Waals surface area contributed by atoms with Crippen LogP contribution in [0.1, 0.15) is 80.3 Å². The molecule has 1 fully saturated rings. The van der Waals surface area contributed by atoms with Crippen LogP contribution in [0.3, 0.4) is 0 Å². The molecule has 0 aromatic heterocycles. The van der Waals surface area contributed by atoms with Gasteiger partial charge in [-0.05, 0) is 104 Å². The maximum absolute atomic E-state index is 12.1. The summed E-state index contributed by atoms with van der Waals surface area (Å²) in [6.07, 6.45) is 10.1. The standard InChI is InChI=1S/C33H45ClN2O5S/c1-3-7-32(42(39)40)22(2)8-6-10-30(37)28-15-12-25(28)20-36-17-5-4-9-23-18-27(34)14-11-26(23)21-41-31-16-13-24(33(35)38)19-29(31)36/h6,10-11,13-14,16,18-19,22,25,28,30,32,37H,3-5,7-9,12,15,17,20-21H2,1-2H3,(H2,35,38)(H,39,40)/p-1/b10-6+/t22-,25+,28-,30+,32-/m1/s1. The molecule has 2 aromatic carbocycles. The van der Waals surface area contributed by atoms with Crippen LogP contribution in [0.2, 0.25) is 5.02 Å². The number of rotatable bonds is 11. The lowest BCUT2D eigenvalue weighted by molar-refractivity contribution is 0.0461. The number of ether oxygens (including phenoxy) is 1. The Morgan fingerprint density at radius 2 is 2.05 bits per heavy atom. The second-order valence-corrected chi connectivity index (χ2v) is 13.4. The molecule has 0 bridgehead atoms. The van der Waals surface area contributed by atoms with Crippen molar-refractivity contribution in [1.29, 1.82) is 0 Å². The Bertz CT molecular complexity index is 1270. The van der Waals surface area contributed by atoms with Crippen molar-refractivity contribution in [1.82, 2.24) is 0 Å². The molecule has 1 saturated carbocycles. The number of primary amides is 1. The van der Waals surface area contributed by atoms with Crippen LogP contribution in [0.15, 0.2) is 48.6 Å². The van der Waals surface area contributed by atoms with E-state index in [1.807, 2.05) is 56.3 Å². The van der Waals surface area contributed by atoms with Crippen molar-refractivity contribution in [3.8, 4) is 5.75 Å². The van der Waals surface area contributed by atoms with Gasteiger partial charge < -0.3 is 25.0 Å². The van der Waals surface area contributed by atoms with E-state index in [1.54, 1.807) is 6.07 Å². The van der Waals surface area contributed by atoms with Crippen LogP contribution in [0, 0.1) is 17.8 Å². The highest BCUT2D eigenvalue weighted by Gasteiger charge is 2.36. The van der Waals surface area contributed by atoms with Crippen molar-refractivity contribution < 1.29 is 23.4 Å². The molecule has 2 aliphatic rings. The number of nitrogens with two attached hydrogens (primary N) is 1. The van der Waals surface area contributed by atoms with Crippen LogP contribution in [0.25, 0.3) is 0 Å². The smallest absolute Gasteiger partial charge is 0.248 e. The zero-order chi connectivity index (χ0) is 30.2. The van der Waals surface area contributed by atoms with Crippen LogP contribution < -0.4 is 15.4 Å². The summed E-state index contributed by atoms with van der Waals surface area (Å²) in [5, 5.41) is 11.4. The maximum atomic E-state index is 12.1. The first-order valence-electron chi connectivity index (χ1n) is 15.2. The van der Waals surface area contributed by atoms with Gasteiger partial charge in [-0.15, -0.1) is 0 Å². The fourth-order valence-electron chi connectivity index (χ4n) is 6.23. The Morgan fingerprint density at radius 1 is 1.24 bits per heavy atom. The number of aryl methyl sites for hydroxylation is 1. The zero-order valence-electron chi connectivity index (χ0n) is 24.7. The molecule has 9 heteroatoms. The average Bonchev–Trinajstić information content (AvgIpc) is 2.96. The molecule has 7 nitrogen and oxygen atoms in total. The Kier molecular flexibility index (Phi) is 11.9. The second kappa shape index (κ2) is 15.4. The molecule has 4 rings (SSSR count). The van der Waals surface area contributed by atoms with E-state index in [9.17, 15) is 18.7 Å². The van der Waals surface area contributed by atoms with Gasteiger partial charge in [0.05, 0.1) is 11.8 Å². The lowest BCUT2D eigenvalue weighted by atomic mass is 9.70. The van der Waals surface area contributed by atoms with Crippen molar-refractivity contribution in [3.63, 3.8) is 0 Å². The number of aliphatic hydroxyl groups is 1. The van der Waals surface area contributed by atoms with Gasteiger partial charge in [-0.3, -0.25) is 9.00 Å². The number of allylic oxidation sites excluding steroid dienone is 1. The highest BCUT2D eigenvalue weighted by Crippen LogP contribution is 2.41. The average molecular weight is 616 g/mol. The monoisotopic (exact) mass is 615 g/mol. The van der Waals surface area contributed by atoms with E-state index < -0.39 is 23.1 Å². The van der Waals surface area contributed by atoms with E-state index in [1.165, 1.54) is 5.56 Å². The van der Waals surface area contributed by atoms with Gasteiger partial charge in [0.25, 0.3) is 0 Å². The summed E-state index contributed by atoms with van der Waals surface area (Å²) in [5.74, 6) is 0.608. The number of carbonyl (C=O) groups excluding carboxylic acids is 1. The molecule has 1 aliphatic carbocycles. The lowest BCUT2D eigenvalue weighted by Gasteiger charge is -2.42. The molecule has 2 aromatic rings. The van der Waals surface area contributed by atoms with Crippen molar-refractivity contribution in [2.75, 3.05) is 18.0 Å². The van der Waals surface area contributed by atoms with Crippen LogP contribution in [0.4, 0.5) is 5.69 Å². The molecule has 0 saturated heterocycles. The Hall–Kier alpha value is -2.39. The minimum atomic E-state index is -2.10. The van der Waals surface area contributed by atoms with E-state index in [2.05, 4.69) is 4.90 Å². The topological polar surface area (TPSA) is 116 Å². The number of anilines is 1. The van der Waals surface area contributed by atoms with Gasteiger partial charge in [0.1, 0.15) is 12.4 Å². The zero-order valence-corrected chi connectivity index (χ0v) is 26.2. The molecule has 3 N–H and O–H groups in total. The Morgan fingerprint density at radius 3 is 2.74 bits per heavy atom. The molecular formula is C33H44ClN2O5S-. The number of hydrogen-bond donors (Lipinski definition) is 2. The second-order valence-electron chi connectivity index (χ2n) is 11.9. The van der Waals surface area contributed by atoms with Crippen LogP contribution in [-0.4, -0.2) is 44.2 Å². The van der Waals surface area contributed by atoms with E-state index >= 15 is 0 Å². The molecule has 1 unspecified atom stereocenters. The van der Waals surface area contributed by atoms with E-state index in [0.29, 0.717) is 30.8 Å². The van der Waals surface area contributed by atoms with Gasteiger partial charge in [-0.2, -0.15) is 0 Å². The molecule has 1 heterocycles. The third kappa shape index (κ3) is 8.37. The van der Waals surface area contributed by atoms with Crippen molar-refractivity contribution in [2.24, 2.45) is 23.5 Å². The fraction of sp³-hybridized carbons (Fsp3) is 0.545. The number of aliphatic hydroxyl groups excluding tert-OH is 1. The molecule has 0 spiro atoms. The number of benzene rings is 2. The lowest BCUT2D eigenvalue weighted by Crippen LogP contribution is -2.43. The summed E-state index contributed by atoms with van der Waals surface area (Å²) in [7, 11) is 0. The fourth-order valence-corrected chi connectivity index (χ4v) is 7.34. The van der Waals surface area contributed by atoms with Gasteiger partial charge in [-0.25, -0.2) is 0 Å². The van der Waals surface area contributed by atoms with Gasteiger partial charge in [0.2, 0.25) is 5.91 Å². The first-order chi connectivity index (χ1) is 20.2. The quantitative estimate of drug-likeness (QED) is 0.230. The summed E-state index contributed by atoms with van der Waals surface area (Å²) in [6.45, 7) is 5.87. The van der Waals surface area contributed by atoms with E-state index in [0.717, 1.165) is 67.9 Å².